The van der Waals surface area contributed by atoms with E-state index >= 15 is 0 Å². The lowest BCUT2D eigenvalue weighted by molar-refractivity contribution is -0.154. The molecule has 0 aromatic heterocycles. The van der Waals surface area contributed by atoms with Crippen molar-refractivity contribution < 1.29 is 32.7 Å². The molecule has 0 fully saturated rings. The van der Waals surface area contributed by atoms with Gasteiger partial charge in [-0.2, -0.15) is 0 Å². The quantitative estimate of drug-likeness (QED) is 0.479. The molecule has 2 N–H and O–H groups in total. The molecule has 0 saturated carbocycles. The molecule has 0 unspecified atom stereocenters. The molecule has 38 heavy (non-hydrogen) atoms. The normalized spacial score (nSPS) is 17.6. The van der Waals surface area contributed by atoms with Crippen LogP contribution < -0.4 is 15.4 Å². The molecule has 1 heterocycles. The van der Waals surface area contributed by atoms with Crippen molar-refractivity contribution in [3.63, 3.8) is 0 Å². The second-order valence-corrected chi connectivity index (χ2v) is 8.82. The fourth-order valence-electron chi connectivity index (χ4n) is 4.40. The van der Waals surface area contributed by atoms with Crippen molar-refractivity contribution in [3.05, 3.63) is 95.6 Å². The van der Waals surface area contributed by atoms with Gasteiger partial charge in [-0.1, -0.05) is 42.5 Å². The Labute approximate surface area is 217 Å². The molecule has 8 nitrogen and oxygen atoms in total. The Morgan fingerprint density at radius 3 is 2.32 bits per heavy atom. The average Bonchev–Trinajstić information content (AvgIpc) is 2.99. The molecule has 0 bridgehead atoms. The molecule has 3 atom stereocenters. The van der Waals surface area contributed by atoms with Crippen molar-refractivity contribution in [2.45, 2.75) is 31.5 Å². The van der Waals surface area contributed by atoms with E-state index in [1.165, 1.54) is 6.92 Å². The van der Waals surface area contributed by atoms with Gasteiger partial charge < -0.3 is 15.3 Å². The topological polar surface area (TPSA) is 110 Å². The first-order valence-electron chi connectivity index (χ1n) is 11.8. The third-order valence-corrected chi connectivity index (χ3v) is 6.05. The molecule has 3 aromatic rings. The molecule has 1 aliphatic rings. The van der Waals surface area contributed by atoms with Gasteiger partial charge in [0.1, 0.15) is 23.7 Å². The highest BCUT2D eigenvalue weighted by Crippen LogP contribution is 2.39. The highest BCUT2D eigenvalue weighted by atomic mass is 19.1. The molecule has 1 aliphatic heterocycles. The van der Waals surface area contributed by atoms with Crippen molar-refractivity contribution in [1.29, 1.82) is 0 Å². The molecule has 0 aliphatic carbocycles. The number of para-hydroxylation sites is 2. The lowest BCUT2D eigenvalue weighted by Crippen LogP contribution is -2.59. The summed E-state index contributed by atoms with van der Waals surface area (Å²) in [7, 11) is 0. The second-order valence-electron chi connectivity index (χ2n) is 8.82. The number of anilines is 1. The molecular formula is C28H25F2N3O5. The van der Waals surface area contributed by atoms with Crippen molar-refractivity contribution in [1.82, 2.24) is 4.90 Å². The number of aldehydes is 1. The fraction of sp³-hybridized carbons (Fsp3) is 0.214. The van der Waals surface area contributed by atoms with E-state index in [4.69, 9.17) is 10.5 Å². The number of fused-ring (bicyclic) bond motifs is 1. The predicted molar refractivity (Wildman–Crippen MR) is 134 cm³/mol. The molecule has 0 spiro atoms. The Bertz CT molecular complexity index is 1350. The van der Waals surface area contributed by atoms with Gasteiger partial charge in [-0.05, 0) is 42.3 Å². The Hall–Kier alpha value is -4.44. The number of hydrogen-bond donors (Lipinski definition) is 1. The van der Waals surface area contributed by atoms with Gasteiger partial charge in [0.2, 0.25) is 11.8 Å². The van der Waals surface area contributed by atoms with Gasteiger partial charge in [0, 0.05) is 6.07 Å². The number of carbonyl (C=O) groups is 4. The van der Waals surface area contributed by atoms with Gasteiger partial charge in [0.15, 0.2) is 12.1 Å². The van der Waals surface area contributed by atoms with E-state index in [9.17, 15) is 28.0 Å². The molecule has 10 heteroatoms. The van der Waals surface area contributed by atoms with E-state index in [1.54, 1.807) is 54.6 Å². The zero-order valence-electron chi connectivity index (χ0n) is 20.4. The molecule has 3 amide bonds. The van der Waals surface area contributed by atoms with E-state index in [2.05, 4.69) is 0 Å². The van der Waals surface area contributed by atoms with Crippen LogP contribution in [0.3, 0.4) is 0 Å². The molecular weight excluding hydrogens is 496 g/mol. The van der Waals surface area contributed by atoms with Crippen LogP contribution >= 0.6 is 0 Å². The number of benzene rings is 3. The third kappa shape index (κ3) is 5.45. The lowest BCUT2D eigenvalue weighted by Gasteiger charge is -2.35. The first kappa shape index (κ1) is 26.6. The van der Waals surface area contributed by atoms with Crippen LogP contribution in [0, 0.1) is 11.6 Å². The maximum Gasteiger partial charge on any atom is 0.255 e. The predicted octanol–water partition coefficient (Wildman–Crippen LogP) is 2.94. The Morgan fingerprint density at radius 1 is 1.05 bits per heavy atom. The smallest absolute Gasteiger partial charge is 0.255 e. The minimum absolute atomic E-state index is 0.0405. The highest BCUT2D eigenvalue weighted by molar-refractivity contribution is 6.08. The van der Waals surface area contributed by atoms with E-state index in [1.807, 2.05) is 0 Å². The molecule has 4 rings (SSSR count). The number of carbonyl (C=O) groups excluding carboxylic acids is 4. The second kappa shape index (κ2) is 11.3. The van der Waals surface area contributed by atoms with Crippen molar-refractivity contribution in [2.24, 2.45) is 5.73 Å². The summed E-state index contributed by atoms with van der Waals surface area (Å²) in [6.45, 7) is 0.975. The van der Waals surface area contributed by atoms with Crippen molar-refractivity contribution in [2.75, 3.05) is 11.4 Å². The minimum atomic E-state index is -1.59. The fourth-order valence-corrected chi connectivity index (χ4v) is 4.40. The van der Waals surface area contributed by atoms with Crippen LogP contribution in [-0.4, -0.2) is 47.5 Å². The Kier molecular flexibility index (Phi) is 7.92. The average molecular weight is 522 g/mol. The summed E-state index contributed by atoms with van der Waals surface area (Å²) in [6, 6.07) is 14.8. The lowest BCUT2D eigenvalue weighted by atomic mass is 9.97. The summed E-state index contributed by atoms with van der Waals surface area (Å²) < 4.78 is 34.0. The minimum Gasteiger partial charge on any atom is -0.481 e. The summed E-state index contributed by atoms with van der Waals surface area (Å²) >= 11 is 0. The number of rotatable bonds is 7. The van der Waals surface area contributed by atoms with E-state index in [-0.39, 0.29) is 23.5 Å². The van der Waals surface area contributed by atoms with E-state index in [0.29, 0.717) is 22.8 Å². The number of amides is 3. The summed E-state index contributed by atoms with van der Waals surface area (Å²) in [4.78, 5) is 54.6. The number of nitrogens with two attached hydrogens (primary N) is 1. The largest absolute Gasteiger partial charge is 0.481 e. The van der Waals surface area contributed by atoms with E-state index < -0.39 is 54.0 Å². The summed E-state index contributed by atoms with van der Waals surface area (Å²) in [5.41, 5.74) is 6.59. The first-order valence-corrected chi connectivity index (χ1v) is 11.8. The van der Waals surface area contributed by atoms with Gasteiger partial charge in [-0.25, -0.2) is 8.78 Å². The zero-order chi connectivity index (χ0) is 27.4. The van der Waals surface area contributed by atoms with Crippen LogP contribution in [0.1, 0.15) is 24.2 Å². The monoisotopic (exact) mass is 521 g/mol. The maximum absolute atomic E-state index is 14.1. The van der Waals surface area contributed by atoms with Crippen molar-refractivity contribution in [3.8, 4) is 5.75 Å². The molecule has 0 radical (unpaired) electrons. The van der Waals surface area contributed by atoms with Gasteiger partial charge in [0.25, 0.3) is 5.91 Å². The maximum atomic E-state index is 14.1. The number of ether oxygens (including phenoxy) is 1. The summed E-state index contributed by atoms with van der Waals surface area (Å²) in [5.74, 6) is -4.12. The van der Waals surface area contributed by atoms with Gasteiger partial charge >= 0.3 is 0 Å². The third-order valence-electron chi connectivity index (χ3n) is 6.05. The van der Waals surface area contributed by atoms with Crippen LogP contribution in [-0.2, 0) is 25.6 Å². The van der Waals surface area contributed by atoms with E-state index in [0.717, 1.165) is 17.0 Å². The standard InChI is InChI=1S/C28H25F2N3O5/c1-17(31)27(36)33(24(35)15-18-13-20(29)16-21(30)14-18)25-26(19-7-3-2-4-8-19)38-23-10-6-5-9-22(23)32(11-12-34)28(25)37/h2-10,12-14,16-17,25-26H,11,15,31H2,1H3/t17-,25-,26+/m0/s1. The number of imide groups is 1. The van der Waals surface area contributed by atoms with Crippen LogP contribution in [0.4, 0.5) is 14.5 Å². The molecule has 3 aromatic carbocycles. The number of nitrogens with zero attached hydrogens (tertiary/aromatic N) is 2. The highest BCUT2D eigenvalue weighted by Gasteiger charge is 2.47. The van der Waals surface area contributed by atoms with Gasteiger partial charge in [-0.3, -0.25) is 24.2 Å². The van der Waals surface area contributed by atoms with Crippen LogP contribution in [0.25, 0.3) is 0 Å². The van der Waals surface area contributed by atoms with Crippen molar-refractivity contribution >= 4 is 29.7 Å². The van der Waals surface area contributed by atoms with Gasteiger partial charge in [0.05, 0.1) is 24.7 Å². The Balaban J connectivity index is 1.88. The first-order chi connectivity index (χ1) is 18.2. The SMILES string of the molecule is C[C@H](N)C(=O)N(C(=O)Cc1cc(F)cc(F)c1)[C@@H]1C(=O)N(CC=O)c2ccccc2O[C@@H]1c1ccccc1. The van der Waals surface area contributed by atoms with Crippen LogP contribution in [0.2, 0.25) is 0 Å². The van der Waals surface area contributed by atoms with Crippen LogP contribution in [0.5, 0.6) is 5.75 Å². The summed E-state index contributed by atoms with van der Waals surface area (Å²) in [5, 5.41) is 0. The summed E-state index contributed by atoms with van der Waals surface area (Å²) in [6.07, 6.45) is -1.26. The van der Waals surface area contributed by atoms with Gasteiger partial charge in [-0.15, -0.1) is 0 Å². The zero-order valence-corrected chi connectivity index (χ0v) is 20.4. The number of hydrogen-bond acceptors (Lipinski definition) is 6. The van der Waals surface area contributed by atoms with Crippen LogP contribution in [0.15, 0.2) is 72.8 Å². The molecule has 196 valence electrons. The number of halogens is 2. The molecule has 0 saturated heterocycles. The Morgan fingerprint density at radius 2 is 1.68 bits per heavy atom.